The molecule has 4 nitrogen and oxygen atoms in total. The molecule has 2 aromatic rings. The molecule has 0 atom stereocenters. The third-order valence-corrected chi connectivity index (χ3v) is 3.31. The number of methoxy groups -OCH3 is 1. The molecule has 118 valence electrons. The number of carbonyl (C=O) groups is 1. The number of allylic oxidation sites excluding steroid dienone is 1. The lowest BCUT2D eigenvalue weighted by molar-refractivity contribution is 0.0544. The van der Waals surface area contributed by atoms with Crippen molar-refractivity contribution in [2.75, 3.05) is 7.11 Å². The highest BCUT2D eigenvalue weighted by Crippen LogP contribution is 2.33. The van der Waals surface area contributed by atoms with Gasteiger partial charge < -0.3 is 9.47 Å². The molecular weight excluding hydrogens is 278 g/mol. The van der Waals surface area contributed by atoms with Crippen LogP contribution in [0.2, 0.25) is 0 Å². The van der Waals surface area contributed by atoms with Gasteiger partial charge in [-0.25, -0.2) is 4.79 Å². The van der Waals surface area contributed by atoms with Gasteiger partial charge in [0.15, 0.2) is 0 Å². The van der Waals surface area contributed by atoms with Crippen LogP contribution >= 0.6 is 0 Å². The molecule has 2 rings (SSSR count). The highest BCUT2D eigenvalue weighted by Gasteiger charge is 2.21. The lowest BCUT2D eigenvalue weighted by Gasteiger charge is -2.20. The van der Waals surface area contributed by atoms with Gasteiger partial charge in [-0.1, -0.05) is 12.2 Å². The monoisotopic (exact) mass is 301 g/mol. The van der Waals surface area contributed by atoms with Crippen molar-refractivity contribution < 1.29 is 14.3 Å². The molecule has 0 radical (unpaired) electrons. The first-order chi connectivity index (χ1) is 10.3. The van der Waals surface area contributed by atoms with Crippen LogP contribution in [0, 0.1) is 6.92 Å². The molecule has 0 fully saturated rings. The summed E-state index contributed by atoms with van der Waals surface area (Å²) < 4.78 is 12.5. The van der Waals surface area contributed by atoms with E-state index in [1.807, 2.05) is 58.9 Å². The van der Waals surface area contributed by atoms with Gasteiger partial charge in [-0.3, -0.25) is 4.57 Å². The van der Waals surface area contributed by atoms with Gasteiger partial charge >= 0.3 is 6.09 Å². The van der Waals surface area contributed by atoms with Gasteiger partial charge in [-0.15, -0.1) is 0 Å². The van der Waals surface area contributed by atoms with Gasteiger partial charge in [0.25, 0.3) is 0 Å². The molecule has 22 heavy (non-hydrogen) atoms. The first-order valence-corrected chi connectivity index (χ1v) is 7.33. The molecule has 0 unspecified atom stereocenters. The van der Waals surface area contributed by atoms with Crippen LogP contribution in [0.15, 0.2) is 24.4 Å². The van der Waals surface area contributed by atoms with Crippen molar-refractivity contribution in [1.82, 2.24) is 4.57 Å². The molecule has 0 saturated carbocycles. The van der Waals surface area contributed by atoms with Crippen LogP contribution in [0.3, 0.4) is 0 Å². The van der Waals surface area contributed by atoms with E-state index in [1.54, 1.807) is 17.9 Å². The minimum atomic E-state index is -0.528. The number of hydrogen-bond acceptors (Lipinski definition) is 3. The second-order valence-corrected chi connectivity index (χ2v) is 6.24. The van der Waals surface area contributed by atoms with E-state index in [4.69, 9.17) is 9.47 Å². The fourth-order valence-electron chi connectivity index (χ4n) is 2.50. The van der Waals surface area contributed by atoms with Crippen LogP contribution in [0.4, 0.5) is 4.79 Å². The number of benzene rings is 1. The summed E-state index contributed by atoms with van der Waals surface area (Å²) in [5.41, 5.74) is 2.26. The van der Waals surface area contributed by atoms with E-state index in [-0.39, 0.29) is 6.09 Å². The Kier molecular flexibility index (Phi) is 4.31. The molecule has 1 aromatic heterocycles. The van der Waals surface area contributed by atoms with Crippen molar-refractivity contribution in [2.45, 2.75) is 40.2 Å². The number of aromatic nitrogens is 1. The first-order valence-electron chi connectivity index (χ1n) is 7.33. The SMILES string of the molecule is CC=Cc1c(OC)cc(C)c2c1ccn2C(=O)OC(C)(C)C. The second-order valence-electron chi connectivity index (χ2n) is 6.24. The summed E-state index contributed by atoms with van der Waals surface area (Å²) in [5, 5.41) is 0.973. The normalized spacial score (nSPS) is 12.1. The summed E-state index contributed by atoms with van der Waals surface area (Å²) in [7, 11) is 1.65. The Morgan fingerprint density at radius 3 is 2.55 bits per heavy atom. The van der Waals surface area contributed by atoms with Crippen LogP contribution in [-0.4, -0.2) is 23.4 Å². The number of hydrogen-bond donors (Lipinski definition) is 0. The van der Waals surface area contributed by atoms with Gasteiger partial charge in [0.05, 0.1) is 12.6 Å². The smallest absolute Gasteiger partial charge is 0.419 e. The number of ether oxygens (including phenoxy) is 2. The molecule has 0 bridgehead atoms. The molecule has 0 aliphatic carbocycles. The maximum atomic E-state index is 12.4. The summed E-state index contributed by atoms with van der Waals surface area (Å²) in [4.78, 5) is 12.4. The molecule has 0 spiro atoms. The Bertz CT molecular complexity index is 733. The standard InChI is InChI=1S/C18H23NO3/c1-7-8-13-14-9-10-19(17(20)22-18(3,4)5)16(14)12(2)11-15(13)21-6/h7-11H,1-6H3. The zero-order chi connectivity index (χ0) is 16.5. The molecule has 4 heteroatoms. The van der Waals surface area contributed by atoms with Gasteiger partial charge in [0.1, 0.15) is 11.4 Å². The summed E-state index contributed by atoms with van der Waals surface area (Å²) in [6.07, 6.45) is 5.32. The van der Waals surface area contributed by atoms with Crippen molar-refractivity contribution in [3.05, 3.63) is 35.5 Å². The van der Waals surface area contributed by atoms with Gasteiger partial charge in [0, 0.05) is 17.1 Å². The molecule has 0 aliphatic heterocycles. The quantitative estimate of drug-likeness (QED) is 0.802. The molecule has 1 aromatic carbocycles. The Labute approximate surface area is 131 Å². The van der Waals surface area contributed by atoms with Crippen molar-refractivity contribution in [3.8, 4) is 5.75 Å². The second kappa shape index (κ2) is 5.87. The predicted molar refractivity (Wildman–Crippen MR) is 89.6 cm³/mol. The van der Waals surface area contributed by atoms with E-state index in [1.165, 1.54) is 0 Å². The largest absolute Gasteiger partial charge is 0.496 e. The van der Waals surface area contributed by atoms with Crippen molar-refractivity contribution in [3.63, 3.8) is 0 Å². The lowest BCUT2D eigenvalue weighted by atomic mass is 10.0. The van der Waals surface area contributed by atoms with Crippen LogP contribution in [0.25, 0.3) is 17.0 Å². The van der Waals surface area contributed by atoms with Gasteiger partial charge in [-0.2, -0.15) is 0 Å². The Morgan fingerprint density at radius 2 is 2.00 bits per heavy atom. The van der Waals surface area contributed by atoms with Crippen molar-refractivity contribution in [2.24, 2.45) is 0 Å². The van der Waals surface area contributed by atoms with Crippen LogP contribution in [0.5, 0.6) is 5.75 Å². The number of nitrogens with zero attached hydrogens (tertiary/aromatic N) is 1. The first kappa shape index (κ1) is 16.1. The average Bonchev–Trinajstić information content (AvgIpc) is 2.85. The molecule has 1 heterocycles. The highest BCUT2D eigenvalue weighted by molar-refractivity contribution is 5.98. The summed E-state index contributed by atoms with van der Waals surface area (Å²) in [6.45, 7) is 9.49. The molecule has 0 N–H and O–H groups in total. The number of aryl methyl sites for hydroxylation is 1. The predicted octanol–water partition coefficient (Wildman–Crippen LogP) is 4.77. The molecule has 0 aliphatic rings. The summed E-state index contributed by atoms with van der Waals surface area (Å²) in [5.74, 6) is 0.796. The van der Waals surface area contributed by atoms with Gasteiger partial charge in [-0.05, 0) is 52.3 Å². The topological polar surface area (TPSA) is 40.5 Å². The van der Waals surface area contributed by atoms with E-state index in [9.17, 15) is 4.79 Å². The maximum absolute atomic E-state index is 12.4. The third kappa shape index (κ3) is 3.01. The fraction of sp³-hybridized carbons (Fsp3) is 0.389. The minimum Gasteiger partial charge on any atom is -0.496 e. The zero-order valence-corrected chi connectivity index (χ0v) is 14.1. The van der Waals surface area contributed by atoms with E-state index >= 15 is 0 Å². The Balaban J connectivity index is 2.66. The Morgan fingerprint density at radius 1 is 1.32 bits per heavy atom. The van der Waals surface area contributed by atoms with E-state index < -0.39 is 5.60 Å². The minimum absolute atomic E-state index is 0.373. The van der Waals surface area contributed by atoms with E-state index in [0.29, 0.717) is 0 Å². The average molecular weight is 301 g/mol. The molecule has 0 amide bonds. The van der Waals surface area contributed by atoms with Crippen LogP contribution < -0.4 is 4.74 Å². The number of carbonyl (C=O) groups excluding carboxylic acids is 1. The molecular formula is C18H23NO3. The van der Waals surface area contributed by atoms with Crippen LogP contribution in [0.1, 0.15) is 38.8 Å². The lowest BCUT2D eigenvalue weighted by Crippen LogP contribution is -2.26. The Hall–Kier alpha value is -2.23. The molecule has 0 saturated heterocycles. The highest BCUT2D eigenvalue weighted by atomic mass is 16.6. The van der Waals surface area contributed by atoms with E-state index in [2.05, 4.69) is 0 Å². The van der Waals surface area contributed by atoms with Crippen molar-refractivity contribution >= 4 is 23.1 Å². The van der Waals surface area contributed by atoms with Crippen LogP contribution in [-0.2, 0) is 4.74 Å². The van der Waals surface area contributed by atoms with E-state index in [0.717, 1.165) is 27.8 Å². The van der Waals surface area contributed by atoms with Crippen molar-refractivity contribution in [1.29, 1.82) is 0 Å². The number of fused-ring (bicyclic) bond motifs is 1. The summed E-state index contributed by atoms with van der Waals surface area (Å²) >= 11 is 0. The van der Waals surface area contributed by atoms with Gasteiger partial charge in [0.2, 0.25) is 0 Å². The fourth-order valence-corrected chi connectivity index (χ4v) is 2.50. The third-order valence-electron chi connectivity index (χ3n) is 3.31. The maximum Gasteiger partial charge on any atom is 0.419 e. The summed E-state index contributed by atoms with van der Waals surface area (Å²) in [6, 6.07) is 3.86. The number of rotatable bonds is 2. The zero-order valence-electron chi connectivity index (χ0n) is 14.1.